The van der Waals surface area contributed by atoms with Gasteiger partial charge in [-0.05, 0) is 24.6 Å². The number of nitrogens with one attached hydrogen (secondary N) is 1. The lowest BCUT2D eigenvalue weighted by Gasteiger charge is -2.07. The van der Waals surface area contributed by atoms with Crippen molar-refractivity contribution in [2.24, 2.45) is 0 Å². The third-order valence-corrected chi connectivity index (χ3v) is 5.24. The van der Waals surface area contributed by atoms with Gasteiger partial charge in [-0.25, -0.2) is 22.9 Å². The summed E-state index contributed by atoms with van der Waals surface area (Å²) in [5.41, 5.74) is -0.378. The fourth-order valence-electron chi connectivity index (χ4n) is 2.87. The van der Waals surface area contributed by atoms with E-state index in [9.17, 15) is 27.9 Å². The van der Waals surface area contributed by atoms with Crippen LogP contribution >= 0.6 is 11.3 Å². The number of hydrogen-bond acceptors (Lipinski definition) is 5. The van der Waals surface area contributed by atoms with Crippen molar-refractivity contribution in [1.29, 1.82) is 0 Å². The number of anilines is 1. The Bertz CT molecular complexity index is 1330. The Balaban J connectivity index is 1.72. The van der Waals surface area contributed by atoms with E-state index in [-0.39, 0.29) is 32.8 Å². The minimum Gasteiger partial charge on any atom is -0.478 e. The van der Waals surface area contributed by atoms with E-state index in [1.165, 1.54) is 30.5 Å². The van der Waals surface area contributed by atoms with E-state index in [0.29, 0.717) is 0 Å². The summed E-state index contributed by atoms with van der Waals surface area (Å²) in [4.78, 5) is 28.1. The molecule has 0 spiro atoms. The van der Waals surface area contributed by atoms with Gasteiger partial charge in [0.2, 0.25) is 0 Å². The highest BCUT2D eigenvalue weighted by molar-refractivity contribution is 7.15. The van der Waals surface area contributed by atoms with E-state index in [0.717, 1.165) is 23.5 Å². The molecule has 6 nitrogen and oxygen atoms in total. The molecule has 0 radical (unpaired) electrons. The Kier molecular flexibility index (Phi) is 4.78. The van der Waals surface area contributed by atoms with Crippen molar-refractivity contribution < 1.29 is 32.3 Å². The number of carbonyl (C=O) groups is 2. The fraction of sp³-hybridized carbons (Fsp3) is 0.0500. The van der Waals surface area contributed by atoms with E-state index in [2.05, 4.69) is 10.3 Å². The summed E-state index contributed by atoms with van der Waals surface area (Å²) in [7, 11) is 0. The number of aromatic nitrogens is 1. The van der Waals surface area contributed by atoms with Crippen LogP contribution in [0.4, 0.5) is 18.2 Å². The highest BCUT2D eigenvalue weighted by Crippen LogP contribution is 2.38. The predicted molar refractivity (Wildman–Crippen MR) is 103 cm³/mol. The molecule has 10 heteroatoms. The number of aryl methyl sites for hydroxylation is 1. The van der Waals surface area contributed by atoms with Crippen LogP contribution in [0.1, 0.15) is 26.6 Å². The molecule has 2 N–H and O–H groups in total. The van der Waals surface area contributed by atoms with Crippen molar-refractivity contribution >= 4 is 39.3 Å². The number of carboxylic acids is 1. The first kappa shape index (κ1) is 19.6. The second kappa shape index (κ2) is 7.30. The smallest absolute Gasteiger partial charge is 0.339 e. The Hall–Kier alpha value is -3.66. The summed E-state index contributed by atoms with van der Waals surface area (Å²) >= 11 is 0.819. The van der Waals surface area contributed by atoms with Gasteiger partial charge >= 0.3 is 11.9 Å². The van der Waals surface area contributed by atoms with Crippen LogP contribution < -0.4 is 5.32 Å². The van der Waals surface area contributed by atoms with Crippen LogP contribution in [0.3, 0.4) is 0 Å². The molecule has 2 aromatic heterocycles. The zero-order valence-corrected chi connectivity index (χ0v) is 15.9. The number of oxazole rings is 1. The number of thiophene rings is 1. The van der Waals surface area contributed by atoms with Crippen LogP contribution in [-0.4, -0.2) is 22.0 Å². The number of nitrogens with zero attached hydrogens (tertiary/aromatic N) is 1. The standard InChI is InChI=1S/C20H11F3N2O4S/c1-8-2-4-10(16(23)15(8)22)11-7-30-19(14(11)20(27)28)25-17(26)18-24-12-6-9(21)3-5-13(12)29-18/h2-7H,1H3,(H,25,26)(H,27,28). The van der Waals surface area contributed by atoms with Crippen molar-refractivity contribution in [2.75, 3.05) is 5.32 Å². The van der Waals surface area contributed by atoms with E-state index >= 15 is 0 Å². The molecule has 0 bridgehead atoms. The van der Waals surface area contributed by atoms with Gasteiger partial charge in [0, 0.05) is 22.6 Å². The van der Waals surface area contributed by atoms with Crippen molar-refractivity contribution in [3.05, 3.63) is 70.2 Å². The van der Waals surface area contributed by atoms with Gasteiger partial charge in [-0.2, -0.15) is 0 Å². The Morgan fingerprint density at radius 3 is 2.60 bits per heavy atom. The molecule has 4 rings (SSSR count). The van der Waals surface area contributed by atoms with Crippen molar-refractivity contribution in [3.63, 3.8) is 0 Å². The first-order chi connectivity index (χ1) is 14.3. The Labute approximate surface area is 170 Å². The van der Waals surface area contributed by atoms with E-state index < -0.39 is 40.8 Å². The van der Waals surface area contributed by atoms with Gasteiger partial charge in [0.1, 0.15) is 21.9 Å². The topological polar surface area (TPSA) is 92.4 Å². The average molecular weight is 432 g/mol. The zero-order chi connectivity index (χ0) is 21.6. The van der Waals surface area contributed by atoms with Gasteiger partial charge in [-0.1, -0.05) is 12.1 Å². The lowest BCUT2D eigenvalue weighted by atomic mass is 10.0. The van der Waals surface area contributed by atoms with Gasteiger partial charge in [-0.3, -0.25) is 4.79 Å². The molecule has 152 valence electrons. The van der Waals surface area contributed by atoms with Crippen molar-refractivity contribution in [1.82, 2.24) is 4.98 Å². The summed E-state index contributed by atoms with van der Waals surface area (Å²) in [5, 5.41) is 13.1. The quantitative estimate of drug-likeness (QED) is 0.461. The summed E-state index contributed by atoms with van der Waals surface area (Å²) in [6.07, 6.45) is 0. The molecule has 0 saturated heterocycles. The highest BCUT2D eigenvalue weighted by Gasteiger charge is 2.26. The molecule has 30 heavy (non-hydrogen) atoms. The van der Waals surface area contributed by atoms with Gasteiger partial charge in [0.25, 0.3) is 5.89 Å². The molecule has 0 atom stereocenters. The molecular weight excluding hydrogens is 421 g/mol. The lowest BCUT2D eigenvalue weighted by Crippen LogP contribution is -2.14. The van der Waals surface area contributed by atoms with Crippen LogP contribution in [0.2, 0.25) is 0 Å². The maximum absolute atomic E-state index is 14.4. The van der Waals surface area contributed by atoms with Crippen LogP contribution in [0, 0.1) is 24.4 Å². The Morgan fingerprint density at radius 2 is 1.87 bits per heavy atom. The number of carboxylic acid groups (broad SMARTS) is 1. The highest BCUT2D eigenvalue weighted by atomic mass is 32.1. The molecule has 0 aliphatic carbocycles. The van der Waals surface area contributed by atoms with Gasteiger partial charge < -0.3 is 14.8 Å². The summed E-state index contributed by atoms with van der Waals surface area (Å²) in [6.45, 7) is 1.38. The molecule has 0 aliphatic rings. The molecule has 0 saturated carbocycles. The van der Waals surface area contributed by atoms with E-state index in [4.69, 9.17) is 4.42 Å². The monoisotopic (exact) mass is 432 g/mol. The lowest BCUT2D eigenvalue weighted by molar-refractivity contribution is 0.0699. The SMILES string of the molecule is Cc1ccc(-c2csc(NC(=O)c3nc4cc(F)ccc4o3)c2C(=O)O)c(F)c1F. The number of aromatic carboxylic acids is 1. The average Bonchev–Trinajstić information content (AvgIpc) is 3.30. The van der Waals surface area contributed by atoms with Crippen LogP contribution in [0.25, 0.3) is 22.2 Å². The van der Waals surface area contributed by atoms with Crippen molar-refractivity contribution in [2.45, 2.75) is 6.92 Å². The second-order valence-corrected chi connectivity index (χ2v) is 7.18. The fourth-order valence-corrected chi connectivity index (χ4v) is 3.82. The van der Waals surface area contributed by atoms with E-state index in [1.807, 2.05) is 0 Å². The third-order valence-electron chi connectivity index (χ3n) is 4.34. The normalized spacial score (nSPS) is 11.1. The third kappa shape index (κ3) is 3.30. The first-order valence-electron chi connectivity index (χ1n) is 8.43. The largest absolute Gasteiger partial charge is 0.478 e. The van der Waals surface area contributed by atoms with Crippen molar-refractivity contribution in [3.8, 4) is 11.1 Å². The molecule has 4 aromatic rings. The molecule has 2 heterocycles. The minimum absolute atomic E-state index is 0.0734. The van der Waals surface area contributed by atoms with Crippen LogP contribution in [0.15, 0.2) is 40.1 Å². The molecule has 1 amide bonds. The molecule has 0 fully saturated rings. The van der Waals surface area contributed by atoms with Gasteiger partial charge in [0.15, 0.2) is 17.2 Å². The van der Waals surface area contributed by atoms with Crippen LogP contribution in [-0.2, 0) is 0 Å². The maximum atomic E-state index is 14.4. The van der Waals surface area contributed by atoms with Gasteiger partial charge in [-0.15, -0.1) is 11.3 Å². The number of carbonyl (C=O) groups excluding carboxylic acids is 1. The number of fused-ring (bicyclic) bond motifs is 1. The van der Waals surface area contributed by atoms with E-state index in [1.54, 1.807) is 0 Å². The molecule has 2 aromatic carbocycles. The maximum Gasteiger partial charge on any atom is 0.339 e. The molecule has 0 aliphatic heterocycles. The first-order valence-corrected chi connectivity index (χ1v) is 9.31. The second-order valence-electron chi connectivity index (χ2n) is 6.30. The summed E-state index contributed by atoms with van der Waals surface area (Å²) in [5.74, 6) is -5.56. The van der Waals surface area contributed by atoms with Gasteiger partial charge in [0.05, 0.1) is 0 Å². The molecule has 0 unspecified atom stereocenters. The van der Waals surface area contributed by atoms with Crippen LogP contribution in [0.5, 0.6) is 0 Å². The number of rotatable bonds is 4. The Morgan fingerprint density at radius 1 is 1.10 bits per heavy atom. The predicted octanol–water partition coefficient (Wildman–Crippen LogP) is 5.23. The zero-order valence-electron chi connectivity index (χ0n) is 15.1. The number of benzene rings is 2. The number of halogens is 3. The minimum atomic E-state index is -1.44. The number of hydrogen-bond donors (Lipinski definition) is 2. The molecular formula is C20H11F3N2O4S. The summed E-state index contributed by atoms with van der Waals surface area (Å²) < 4.78 is 46.9. The summed E-state index contributed by atoms with van der Waals surface area (Å²) in [6, 6.07) is 6.11. The number of amides is 1.